The molecule has 1 atom stereocenters. The van der Waals surface area contributed by atoms with Crippen LogP contribution in [-0.4, -0.2) is 18.3 Å². The van der Waals surface area contributed by atoms with Crippen molar-refractivity contribution in [2.75, 3.05) is 13.2 Å². The summed E-state index contributed by atoms with van der Waals surface area (Å²) in [5, 5.41) is 13.1. The lowest BCUT2D eigenvalue weighted by atomic mass is 9.87. The number of hydrogen-bond donors (Lipinski definition) is 2. The van der Waals surface area contributed by atoms with Crippen LogP contribution in [0.3, 0.4) is 0 Å². The largest absolute Gasteiger partial charge is 0.508 e. The molecule has 0 radical (unpaired) electrons. The summed E-state index contributed by atoms with van der Waals surface area (Å²) in [6, 6.07) is 6.08. The molecule has 2 N–H and O–H groups in total. The maximum atomic E-state index is 9.59. The van der Waals surface area contributed by atoms with Gasteiger partial charge in [0.25, 0.3) is 0 Å². The van der Waals surface area contributed by atoms with Crippen molar-refractivity contribution in [3.8, 4) is 5.75 Å². The molecule has 1 aromatic rings. The van der Waals surface area contributed by atoms with Gasteiger partial charge in [-0.1, -0.05) is 12.6 Å². The summed E-state index contributed by atoms with van der Waals surface area (Å²) in [5.41, 5.74) is 2.62. The van der Waals surface area contributed by atoms with Gasteiger partial charge >= 0.3 is 0 Å². The van der Waals surface area contributed by atoms with E-state index < -0.39 is 0 Å². The molecule has 0 saturated heterocycles. The third kappa shape index (κ3) is 3.26. The predicted octanol–water partition coefficient (Wildman–Crippen LogP) is 2.91. The normalized spacial score (nSPS) is 18.1. The predicted molar refractivity (Wildman–Crippen MR) is 72.6 cm³/mol. The first-order valence-corrected chi connectivity index (χ1v) is 6.59. The molecule has 0 amide bonds. The summed E-state index contributed by atoms with van der Waals surface area (Å²) in [4.78, 5) is 0. The Kier molecular flexibility index (Phi) is 4.65. The van der Waals surface area contributed by atoms with Crippen molar-refractivity contribution in [1.29, 1.82) is 0 Å². The molecule has 1 aliphatic rings. The second kappa shape index (κ2) is 6.45. The van der Waals surface area contributed by atoms with E-state index in [4.69, 9.17) is 4.74 Å². The van der Waals surface area contributed by atoms with Crippen LogP contribution in [0.2, 0.25) is 0 Å². The number of fused-ring (bicyclic) bond motifs is 1. The topological polar surface area (TPSA) is 41.5 Å². The van der Waals surface area contributed by atoms with Crippen LogP contribution in [0.5, 0.6) is 5.75 Å². The highest BCUT2D eigenvalue weighted by Crippen LogP contribution is 2.31. The third-order valence-corrected chi connectivity index (χ3v) is 3.39. The van der Waals surface area contributed by atoms with Crippen LogP contribution in [0.15, 0.2) is 31.0 Å². The fraction of sp³-hybridized carbons (Fsp3) is 0.467. The summed E-state index contributed by atoms with van der Waals surface area (Å²) in [5.74, 6) is 0.359. The summed E-state index contributed by atoms with van der Waals surface area (Å²) in [6.45, 7) is 5.15. The summed E-state index contributed by atoms with van der Waals surface area (Å²) in [7, 11) is 0. The standard InChI is InChI=1S/C15H21NO2/c1-2-18-10-4-9-16-15-6-3-5-12-7-8-13(17)11-14(12)15/h2,7-8,11,15-17H,1,3-6,9-10H2. The van der Waals surface area contributed by atoms with E-state index in [1.54, 1.807) is 6.07 Å². The first-order chi connectivity index (χ1) is 8.81. The fourth-order valence-corrected chi connectivity index (χ4v) is 2.51. The Labute approximate surface area is 108 Å². The zero-order valence-electron chi connectivity index (χ0n) is 10.7. The molecule has 0 saturated carbocycles. The molecule has 0 heterocycles. The Morgan fingerprint density at radius 2 is 2.39 bits per heavy atom. The number of rotatable bonds is 6. The molecule has 0 aromatic heterocycles. The Bertz CT molecular complexity index is 403. The summed E-state index contributed by atoms with van der Waals surface area (Å²) < 4.78 is 5.10. The number of benzene rings is 1. The van der Waals surface area contributed by atoms with E-state index in [1.165, 1.54) is 23.8 Å². The van der Waals surface area contributed by atoms with E-state index >= 15 is 0 Å². The fourth-order valence-electron chi connectivity index (χ4n) is 2.51. The highest BCUT2D eigenvalue weighted by molar-refractivity contribution is 5.38. The summed E-state index contributed by atoms with van der Waals surface area (Å²) >= 11 is 0. The average Bonchev–Trinajstić information content (AvgIpc) is 2.39. The van der Waals surface area contributed by atoms with Crippen LogP contribution in [0.1, 0.15) is 36.4 Å². The molecular formula is C15H21NO2. The van der Waals surface area contributed by atoms with Gasteiger partial charge in [0.05, 0.1) is 12.9 Å². The van der Waals surface area contributed by atoms with Crippen molar-refractivity contribution in [3.05, 3.63) is 42.2 Å². The van der Waals surface area contributed by atoms with E-state index in [9.17, 15) is 5.11 Å². The van der Waals surface area contributed by atoms with Gasteiger partial charge in [-0.25, -0.2) is 0 Å². The molecule has 1 unspecified atom stereocenters. The van der Waals surface area contributed by atoms with Crippen molar-refractivity contribution >= 4 is 0 Å². The van der Waals surface area contributed by atoms with Crippen molar-refractivity contribution in [2.45, 2.75) is 31.7 Å². The monoisotopic (exact) mass is 247 g/mol. The second-order valence-corrected chi connectivity index (χ2v) is 4.67. The minimum absolute atomic E-state index is 0.359. The Morgan fingerprint density at radius 1 is 1.50 bits per heavy atom. The second-order valence-electron chi connectivity index (χ2n) is 4.67. The SMILES string of the molecule is C=COCCCNC1CCCc2ccc(O)cc21. The van der Waals surface area contributed by atoms with Gasteiger partial charge in [-0.05, 0) is 55.5 Å². The lowest BCUT2D eigenvalue weighted by Crippen LogP contribution is -2.26. The highest BCUT2D eigenvalue weighted by atomic mass is 16.5. The van der Waals surface area contributed by atoms with Gasteiger partial charge in [0.2, 0.25) is 0 Å². The lowest BCUT2D eigenvalue weighted by molar-refractivity contribution is 0.242. The molecule has 0 bridgehead atoms. The first-order valence-electron chi connectivity index (χ1n) is 6.59. The molecule has 3 heteroatoms. The quantitative estimate of drug-likeness (QED) is 0.600. The van der Waals surface area contributed by atoms with E-state index in [0.29, 0.717) is 18.4 Å². The van der Waals surface area contributed by atoms with Crippen LogP contribution < -0.4 is 5.32 Å². The van der Waals surface area contributed by atoms with Gasteiger partial charge in [0.1, 0.15) is 5.75 Å². The van der Waals surface area contributed by atoms with Crippen molar-refractivity contribution < 1.29 is 9.84 Å². The van der Waals surface area contributed by atoms with Crippen molar-refractivity contribution in [3.63, 3.8) is 0 Å². The minimum Gasteiger partial charge on any atom is -0.508 e. The van der Waals surface area contributed by atoms with Crippen LogP contribution in [0, 0.1) is 0 Å². The Morgan fingerprint density at radius 3 is 3.22 bits per heavy atom. The number of aromatic hydroxyl groups is 1. The van der Waals surface area contributed by atoms with Gasteiger partial charge in [0, 0.05) is 6.04 Å². The van der Waals surface area contributed by atoms with Crippen LogP contribution >= 0.6 is 0 Å². The number of nitrogens with one attached hydrogen (secondary N) is 1. The maximum absolute atomic E-state index is 9.59. The molecule has 2 rings (SSSR count). The van der Waals surface area contributed by atoms with Gasteiger partial charge in [0.15, 0.2) is 0 Å². The van der Waals surface area contributed by atoms with Gasteiger partial charge in [-0.15, -0.1) is 0 Å². The average molecular weight is 247 g/mol. The number of phenolic OH excluding ortho intramolecular Hbond substituents is 1. The smallest absolute Gasteiger partial charge is 0.115 e. The first kappa shape index (κ1) is 13.0. The summed E-state index contributed by atoms with van der Waals surface area (Å²) in [6.07, 6.45) is 5.91. The van der Waals surface area contributed by atoms with Crippen molar-refractivity contribution in [2.24, 2.45) is 0 Å². The number of aryl methyl sites for hydroxylation is 1. The zero-order chi connectivity index (χ0) is 12.8. The third-order valence-electron chi connectivity index (χ3n) is 3.39. The molecule has 18 heavy (non-hydrogen) atoms. The van der Waals surface area contributed by atoms with Crippen LogP contribution in [0.25, 0.3) is 0 Å². The van der Waals surface area contributed by atoms with Gasteiger partial charge in [-0.2, -0.15) is 0 Å². The van der Waals surface area contributed by atoms with Gasteiger partial charge < -0.3 is 15.2 Å². The molecule has 1 aliphatic carbocycles. The molecule has 0 spiro atoms. The molecule has 3 nitrogen and oxygen atoms in total. The Balaban J connectivity index is 1.91. The van der Waals surface area contributed by atoms with E-state index in [0.717, 1.165) is 25.8 Å². The lowest BCUT2D eigenvalue weighted by Gasteiger charge is -2.26. The number of phenols is 1. The Hall–Kier alpha value is -1.48. The molecule has 0 fully saturated rings. The van der Waals surface area contributed by atoms with E-state index in [1.807, 2.05) is 12.1 Å². The van der Waals surface area contributed by atoms with Crippen LogP contribution in [-0.2, 0) is 11.2 Å². The number of hydrogen-bond acceptors (Lipinski definition) is 3. The molecule has 0 aliphatic heterocycles. The molecular weight excluding hydrogens is 226 g/mol. The number of ether oxygens (including phenoxy) is 1. The van der Waals surface area contributed by atoms with Crippen molar-refractivity contribution in [1.82, 2.24) is 5.32 Å². The van der Waals surface area contributed by atoms with E-state index in [2.05, 4.69) is 11.9 Å². The molecule has 1 aromatic carbocycles. The highest BCUT2D eigenvalue weighted by Gasteiger charge is 2.19. The molecule has 98 valence electrons. The van der Waals surface area contributed by atoms with Gasteiger partial charge in [-0.3, -0.25) is 0 Å². The maximum Gasteiger partial charge on any atom is 0.115 e. The van der Waals surface area contributed by atoms with E-state index in [-0.39, 0.29) is 0 Å². The minimum atomic E-state index is 0.359. The zero-order valence-corrected chi connectivity index (χ0v) is 10.7. The van der Waals surface area contributed by atoms with Crippen LogP contribution in [0.4, 0.5) is 0 Å².